The Morgan fingerprint density at radius 1 is 1.37 bits per heavy atom. The topological polar surface area (TPSA) is 29.1 Å². The van der Waals surface area contributed by atoms with E-state index in [0.717, 1.165) is 12.8 Å². The minimum atomic E-state index is -0.310. The number of anilines is 1. The molecule has 0 spiro atoms. The second-order valence-electron chi connectivity index (χ2n) is 4.47. The zero-order valence-electron chi connectivity index (χ0n) is 11.0. The highest BCUT2D eigenvalue weighted by Crippen LogP contribution is 2.19. The van der Waals surface area contributed by atoms with E-state index in [1.807, 2.05) is 11.4 Å². The molecule has 0 aliphatic carbocycles. The molecule has 19 heavy (non-hydrogen) atoms. The monoisotopic (exact) mass is 277 g/mol. The van der Waals surface area contributed by atoms with Crippen molar-refractivity contribution in [2.75, 3.05) is 5.32 Å². The van der Waals surface area contributed by atoms with E-state index in [4.69, 9.17) is 0 Å². The van der Waals surface area contributed by atoms with Crippen molar-refractivity contribution in [2.45, 2.75) is 26.7 Å². The van der Waals surface area contributed by atoms with Gasteiger partial charge in [-0.25, -0.2) is 4.39 Å². The highest BCUT2D eigenvalue weighted by Gasteiger charge is 2.09. The minimum absolute atomic E-state index is 0.193. The van der Waals surface area contributed by atoms with Crippen molar-refractivity contribution in [2.24, 2.45) is 0 Å². The molecule has 2 nitrogen and oxygen atoms in total. The van der Waals surface area contributed by atoms with Crippen LogP contribution in [0.1, 0.15) is 34.1 Å². The molecule has 1 aromatic carbocycles. The fraction of sp³-hybridized carbons (Fsp3) is 0.267. The van der Waals surface area contributed by atoms with Gasteiger partial charge in [-0.1, -0.05) is 19.4 Å². The molecule has 0 aliphatic heterocycles. The second kappa shape index (κ2) is 5.97. The summed E-state index contributed by atoms with van der Waals surface area (Å²) in [6, 6.07) is 6.59. The highest BCUT2D eigenvalue weighted by molar-refractivity contribution is 7.10. The quantitative estimate of drug-likeness (QED) is 0.881. The lowest BCUT2D eigenvalue weighted by Gasteiger charge is -2.05. The van der Waals surface area contributed by atoms with E-state index in [9.17, 15) is 9.18 Å². The van der Waals surface area contributed by atoms with Crippen LogP contribution in [0.3, 0.4) is 0 Å². The molecular weight excluding hydrogens is 261 g/mol. The summed E-state index contributed by atoms with van der Waals surface area (Å²) in [6.45, 7) is 3.80. The number of benzene rings is 1. The van der Waals surface area contributed by atoms with Crippen LogP contribution in [0.25, 0.3) is 0 Å². The van der Waals surface area contributed by atoms with Crippen LogP contribution < -0.4 is 5.32 Å². The molecule has 1 amide bonds. The van der Waals surface area contributed by atoms with Gasteiger partial charge in [0, 0.05) is 15.9 Å². The summed E-state index contributed by atoms with van der Waals surface area (Å²) < 4.78 is 13.4. The SMILES string of the molecule is CCCc1cc(C(=O)Nc2ccc(C)c(F)c2)cs1. The number of hydrogen-bond acceptors (Lipinski definition) is 2. The van der Waals surface area contributed by atoms with Crippen molar-refractivity contribution >= 4 is 22.9 Å². The first-order chi connectivity index (χ1) is 9.10. The largest absolute Gasteiger partial charge is 0.322 e. The van der Waals surface area contributed by atoms with E-state index in [1.165, 1.54) is 10.9 Å². The van der Waals surface area contributed by atoms with Crippen LogP contribution in [0.4, 0.5) is 10.1 Å². The Labute approximate surface area is 116 Å². The van der Waals surface area contributed by atoms with E-state index in [0.29, 0.717) is 16.8 Å². The molecule has 0 unspecified atom stereocenters. The highest BCUT2D eigenvalue weighted by atomic mass is 32.1. The minimum Gasteiger partial charge on any atom is -0.322 e. The predicted octanol–water partition coefficient (Wildman–Crippen LogP) is 4.40. The zero-order chi connectivity index (χ0) is 13.8. The number of thiophene rings is 1. The van der Waals surface area contributed by atoms with Gasteiger partial charge in [0.25, 0.3) is 5.91 Å². The molecule has 2 rings (SSSR count). The maximum atomic E-state index is 13.4. The summed E-state index contributed by atoms with van der Waals surface area (Å²) in [4.78, 5) is 13.2. The number of carbonyl (C=O) groups is 1. The number of nitrogens with one attached hydrogen (secondary N) is 1. The van der Waals surface area contributed by atoms with Gasteiger partial charge in [-0.3, -0.25) is 4.79 Å². The van der Waals surface area contributed by atoms with Crippen LogP contribution in [-0.4, -0.2) is 5.91 Å². The average molecular weight is 277 g/mol. The van der Waals surface area contributed by atoms with Gasteiger partial charge in [0.15, 0.2) is 0 Å². The van der Waals surface area contributed by atoms with Crippen LogP contribution in [-0.2, 0) is 6.42 Å². The maximum absolute atomic E-state index is 13.4. The van der Waals surface area contributed by atoms with Gasteiger partial charge >= 0.3 is 0 Å². The Morgan fingerprint density at radius 2 is 2.16 bits per heavy atom. The first-order valence-electron chi connectivity index (χ1n) is 6.25. The van der Waals surface area contributed by atoms with Crippen molar-refractivity contribution in [1.82, 2.24) is 0 Å². The van der Waals surface area contributed by atoms with Crippen LogP contribution in [0.15, 0.2) is 29.6 Å². The summed E-state index contributed by atoms with van der Waals surface area (Å²) in [5, 5.41) is 4.55. The maximum Gasteiger partial charge on any atom is 0.256 e. The molecule has 100 valence electrons. The van der Waals surface area contributed by atoms with Gasteiger partial charge in [0.2, 0.25) is 0 Å². The number of rotatable bonds is 4. The van der Waals surface area contributed by atoms with Crippen molar-refractivity contribution in [3.05, 3.63) is 51.5 Å². The zero-order valence-corrected chi connectivity index (χ0v) is 11.8. The Morgan fingerprint density at radius 3 is 2.84 bits per heavy atom. The van der Waals surface area contributed by atoms with E-state index >= 15 is 0 Å². The molecule has 1 heterocycles. The molecule has 0 saturated carbocycles. The fourth-order valence-corrected chi connectivity index (χ4v) is 2.72. The third kappa shape index (κ3) is 3.41. The molecule has 0 atom stereocenters. The summed E-state index contributed by atoms with van der Waals surface area (Å²) in [5.41, 5.74) is 1.68. The van der Waals surface area contributed by atoms with Gasteiger partial charge in [-0.05, 0) is 37.1 Å². The molecule has 0 bridgehead atoms. The molecule has 4 heteroatoms. The molecule has 1 aromatic heterocycles. The summed E-state index contributed by atoms with van der Waals surface area (Å²) in [5.74, 6) is -0.503. The Kier molecular flexibility index (Phi) is 4.32. The smallest absolute Gasteiger partial charge is 0.256 e. The molecule has 0 aliphatic rings. The van der Waals surface area contributed by atoms with E-state index in [2.05, 4.69) is 12.2 Å². The first-order valence-corrected chi connectivity index (χ1v) is 7.13. The van der Waals surface area contributed by atoms with Gasteiger partial charge in [-0.2, -0.15) is 0 Å². The summed E-state index contributed by atoms with van der Waals surface area (Å²) in [7, 11) is 0. The van der Waals surface area contributed by atoms with Crippen molar-refractivity contribution in [1.29, 1.82) is 0 Å². The van der Waals surface area contributed by atoms with Gasteiger partial charge in [0.1, 0.15) is 5.82 Å². The van der Waals surface area contributed by atoms with E-state index in [-0.39, 0.29) is 11.7 Å². The Balaban J connectivity index is 2.09. The fourth-order valence-electron chi connectivity index (χ4n) is 1.75. The van der Waals surface area contributed by atoms with E-state index < -0.39 is 0 Å². The lowest BCUT2D eigenvalue weighted by atomic mass is 10.2. The number of halogens is 1. The summed E-state index contributed by atoms with van der Waals surface area (Å²) >= 11 is 1.58. The molecule has 0 radical (unpaired) electrons. The number of amides is 1. The number of carbonyl (C=O) groups excluding carboxylic acids is 1. The molecule has 0 fully saturated rings. The molecule has 1 N–H and O–H groups in total. The van der Waals surface area contributed by atoms with Crippen molar-refractivity contribution < 1.29 is 9.18 Å². The lowest BCUT2D eigenvalue weighted by molar-refractivity contribution is 0.102. The Hall–Kier alpha value is -1.68. The van der Waals surface area contributed by atoms with E-state index in [1.54, 1.807) is 30.4 Å². The Bertz CT molecular complexity index is 592. The van der Waals surface area contributed by atoms with Crippen LogP contribution in [0, 0.1) is 12.7 Å². The van der Waals surface area contributed by atoms with Gasteiger partial charge in [0.05, 0.1) is 5.56 Å². The van der Waals surface area contributed by atoms with Crippen LogP contribution in [0.5, 0.6) is 0 Å². The number of hydrogen-bond donors (Lipinski definition) is 1. The van der Waals surface area contributed by atoms with Gasteiger partial charge in [-0.15, -0.1) is 11.3 Å². The standard InChI is InChI=1S/C15H16FNOS/c1-3-4-13-7-11(9-19-13)15(18)17-12-6-5-10(2)14(16)8-12/h5-9H,3-4H2,1-2H3,(H,17,18). The summed E-state index contributed by atoms with van der Waals surface area (Å²) in [6.07, 6.45) is 2.04. The molecule has 2 aromatic rings. The molecular formula is C15H16FNOS. The van der Waals surface area contributed by atoms with Crippen molar-refractivity contribution in [3.8, 4) is 0 Å². The van der Waals surface area contributed by atoms with Gasteiger partial charge < -0.3 is 5.32 Å². The van der Waals surface area contributed by atoms with Crippen molar-refractivity contribution in [3.63, 3.8) is 0 Å². The average Bonchev–Trinajstić information content (AvgIpc) is 2.83. The second-order valence-corrected chi connectivity index (χ2v) is 5.47. The van der Waals surface area contributed by atoms with Crippen LogP contribution in [0.2, 0.25) is 0 Å². The predicted molar refractivity (Wildman–Crippen MR) is 77.4 cm³/mol. The lowest BCUT2D eigenvalue weighted by Crippen LogP contribution is -2.11. The number of aryl methyl sites for hydroxylation is 2. The third-order valence-electron chi connectivity index (χ3n) is 2.84. The third-order valence-corrected chi connectivity index (χ3v) is 3.84. The first kappa shape index (κ1) is 13.7. The van der Waals surface area contributed by atoms with Crippen LogP contribution >= 0.6 is 11.3 Å². The molecule has 0 saturated heterocycles. The normalized spacial score (nSPS) is 10.5.